The number of hydrogen-bond acceptors (Lipinski definition) is 6. The van der Waals surface area contributed by atoms with Crippen molar-refractivity contribution in [2.45, 2.75) is 12.8 Å². The van der Waals surface area contributed by atoms with Crippen molar-refractivity contribution in [3.05, 3.63) is 94.5 Å². The standard InChI is InChI=1S/C27H24BrN7O2S2/c28-18-13-14-22-23(16-18)25(37)35(24(22)36)15-7-12-21(32-34-27(39)31-20-10-5-2-6-11-20)17-29-33-26(38)30-19-8-3-1-4-9-19/h1-6,8-11,13-14,16-17H,7,12,15H2,(H2,30,33,38)(H2,31,34,39)/b29-17+,32-21+. The lowest BCUT2D eigenvalue weighted by Crippen LogP contribution is -2.31. The number of anilines is 2. The van der Waals surface area contributed by atoms with Crippen LogP contribution in [0, 0.1) is 0 Å². The minimum atomic E-state index is -0.311. The summed E-state index contributed by atoms with van der Waals surface area (Å²) in [6.07, 6.45) is 2.38. The summed E-state index contributed by atoms with van der Waals surface area (Å²) in [6, 6.07) is 24.0. The zero-order chi connectivity index (χ0) is 27.6. The summed E-state index contributed by atoms with van der Waals surface area (Å²) in [4.78, 5) is 26.8. The molecule has 0 spiro atoms. The topological polar surface area (TPSA) is 110 Å². The first-order valence-electron chi connectivity index (χ1n) is 11.9. The van der Waals surface area contributed by atoms with Crippen LogP contribution in [-0.2, 0) is 0 Å². The van der Waals surface area contributed by atoms with E-state index in [1.165, 1.54) is 11.1 Å². The molecule has 4 rings (SSSR count). The van der Waals surface area contributed by atoms with Gasteiger partial charge in [0.05, 0.1) is 23.1 Å². The molecular weight excluding hydrogens is 598 g/mol. The molecular formula is C27H24BrN7O2S2. The summed E-state index contributed by atoms with van der Waals surface area (Å²) >= 11 is 14.0. The first kappa shape index (κ1) is 28.0. The van der Waals surface area contributed by atoms with Gasteiger partial charge in [0.1, 0.15) is 0 Å². The van der Waals surface area contributed by atoms with Crippen molar-refractivity contribution in [2.24, 2.45) is 10.2 Å². The van der Waals surface area contributed by atoms with Crippen LogP contribution in [0.4, 0.5) is 11.4 Å². The van der Waals surface area contributed by atoms with Gasteiger partial charge in [0.15, 0.2) is 10.2 Å². The van der Waals surface area contributed by atoms with E-state index in [9.17, 15) is 9.59 Å². The lowest BCUT2D eigenvalue weighted by Gasteiger charge is -2.13. The molecule has 39 heavy (non-hydrogen) atoms. The molecule has 198 valence electrons. The largest absolute Gasteiger partial charge is 0.331 e. The van der Waals surface area contributed by atoms with Crippen LogP contribution in [0.3, 0.4) is 0 Å². The molecule has 0 saturated heterocycles. The Kier molecular flexibility index (Phi) is 9.84. The minimum absolute atomic E-state index is 0.227. The van der Waals surface area contributed by atoms with Crippen LogP contribution in [0.2, 0.25) is 0 Å². The third-order valence-electron chi connectivity index (χ3n) is 5.49. The fraction of sp³-hybridized carbons (Fsp3) is 0.111. The van der Waals surface area contributed by atoms with Crippen LogP contribution in [0.25, 0.3) is 0 Å². The number of carbonyl (C=O) groups is 2. The molecule has 12 heteroatoms. The van der Waals surface area contributed by atoms with Crippen LogP contribution in [0.15, 0.2) is 93.5 Å². The van der Waals surface area contributed by atoms with E-state index in [1.54, 1.807) is 18.2 Å². The van der Waals surface area contributed by atoms with Crippen LogP contribution in [0.5, 0.6) is 0 Å². The number of thiocarbonyl (C=S) groups is 2. The molecule has 0 unspecified atom stereocenters. The smallest absolute Gasteiger partial charge is 0.261 e. The second kappa shape index (κ2) is 13.7. The van der Waals surface area contributed by atoms with Crippen molar-refractivity contribution in [2.75, 3.05) is 17.2 Å². The quantitative estimate of drug-likeness (QED) is 0.113. The van der Waals surface area contributed by atoms with Crippen molar-refractivity contribution >= 4 is 85.7 Å². The predicted molar refractivity (Wildman–Crippen MR) is 166 cm³/mol. The van der Waals surface area contributed by atoms with Crippen LogP contribution in [0.1, 0.15) is 33.6 Å². The highest BCUT2D eigenvalue weighted by molar-refractivity contribution is 9.10. The number of halogens is 1. The van der Waals surface area contributed by atoms with E-state index in [0.717, 1.165) is 15.8 Å². The Morgan fingerprint density at radius 3 is 2.05 bits per heavy atom. The normalized spacial score (nSPS) is 12.8. The van der Waals surface area contributed by atoms with E-state index >= 15 is 0 Å². The van der Waals surface area contributed by atoms with Crippen molar-refractivity contribution in [3.8, 4) is 0 Å². The summed E-state index contributed by atoms with van der Waals surface area (Å²) in [5.74, 6) is -0.617. The first-order chi connectivity index (χ1) is 18.9. The molecule has 9 nitrogen and oxygen atoms in total. The molecule has 0 atom stereocenters. The van der Waals surface area contributed by atoms with Crippen LogP contribution < -0.4 is 21.5 Å². The van der Waals surface area contributed by atoms with E-state index in [0.29, 0.717) is 39.9 Å². The second-order valence-corrected chi connectivity index (χ2v) is 10.0. The van der Waals surface area contributed by atoms with Gasteiger partial charge in [-0.25, -0.2) is 0 Å². The Morgan fingerprint density at radius 1 is 0.821 bits per heavy atom. The van der Waals surface area contributed by atoms with Gasteiger partial charge in [-0.3, -0.25) is 25.3 Å². The third-order valence-corrected chi connectivity index (χ3v) is 6.37. The van der Waals surface area contributed by atoms with Gasteiger partial charge in [-0.1, -0.05) is 52.3 Å². The Morgan fingerprint density at radius 2 is 1.41 bits per heavy atom. The number of carbonyl (C=O) groups excluding carboxylic acids is 2. The minimum Gasteiger partial charge on any atom is -0.331 e. The maximum absolute atomic E-state index is 12.8. The number of para-hydroxylation sites is 2. The number of benzene rings is 3. The molecule has 3 aromatic rings. The van der Waals surface area contributed by atoms with Gasteiger partial charge in [-0.15, -0.1) is 0 Å². The molecule has 1 heterocycles. The maximum Gasteiger partial charge on any atom is 0.261 e. The van der Waals surface area contributed by atoms with Crippen molar-refractivity contribution in [1.82, 2.24) is 15.8 Å². The van der Waals surface area contributed by atoms with E-state index in [-0.39, 0.29) is 18.4 Å². The number of hydrazone groups is 2. The van der Waals surface area contributed by atoms with E-state index in [4.69, 9.17) is 24.4 Å². The molecule has 0 bridgehead atoms. The van der Waals surface area contributed by atoms with Crippen molar-refractivity contribution in [3.63, 3.8) is 0 Å². The Hall–Kier alpha value is -4.00. The molecule has 0 saturated carbocycles. The predicted octanol–water partition coefficient (Wildman–Crippen LogP) is 5.14. The molecule has 4 N–H and O–H groups in total. The summed E-state index contributed by atoms with van der Waals surface area (Å²) < 4.78 is 0.744. The van der Waals surface area contributed by atoms with Gasteiger partial charge in [-0.05, 0) is 79.7 Å². The number of amides is 2. The average molecular weight is 623 g/mol. The van der Waals surface area contributed by atoms with Gasteiger partial charge < -0.3 is 10.6 Å². The van der Waals surface area contributed by atoms with Crippen molar-refractivity contribution in [1.29, 1.82) is 0 Å². The SMILES string of the molecule is O=C1c2ccc(Br)cc2C(=O)N1CCCC(/C=N/NC(=S)Nc1ccccc1)=N\NC(=S)Nc1ccccc1. The summed E-state index contributed by atoms with van der Waals surface area (Å²) in [5, 5.41) is 15.2. The Bertz CT molecular complexity index is 1430. The Balaban J connectivity index is 1.37. The molecule has 3 aromatic carbocycles. The van der Waals surface area contributed by atoms with E-state index < -0.39 is 0 Å². The van der Waals surface area contributed by atoms with Gasteiger partial charge in [0, 0.05) is 22.4 Å². The molecule has 0 fully saturated rings. The highest BCUT2D eigenvalue weighted by Gasteiger charge is 2.35. The van der Waals surface area contributed by atoms with Gasteiger partial charge in [0.2, 0.25) is 0 Å². The number of nitrogens with zero attached hydrogens (tertiary/aromatic N) is 3. The lowest BCUT2D eigenvalue weighted by molar-refractivity contribution is 0.0653. The second-order valence-electron chi connectivity index (χ2n) is 8.28. The first-order valence-corrected chi connectivity index (χ1v) is 13.5. The molecule has 0 aromatic heterocycles. The lowest BCUT2D eigenvalue weighted by atomic mass is 10.1. The highest BCUT2D eigenvalue weighted by Crippen LogP contribution is 2.26. The van der Waals surface area contributed by atoms with E-state index in [1.807, 2.05) is 60.7 Å². The number of fused-ring (bicyclic) bond motifs is 1. The molecule has 0 aliphatic carbocycles. The number of imide groups is 1. The zero-order valence-electron chi connectivity index (χ0n) is 20.6. The van der Waals surface area contributed by atoms with Crippen LogP contribution >= 0.6 is 40.4 Å². The van der Waals surface area contributed by atoms with Crippen LogP contribution in [-0.4, -0.2) is 45.4 Å². The molecule has 1 aliphatic heterocycles. The molecule has 0 radical (unpaired) electrons. The zero-order valence-corrected chi connectivity index (χ0v) is 23.8. The Labute approximate surface area is 244 Å². The summed E-state index contributed by atoms with van der Waals surface area (Å²) in [5.41, 5.74) is 8.55. The van der Waals surface area contributed by atoms with E-state index in [2.05, 4.69) is 47.6 Å². The van der Waals surface area contributed by atoms with Crippen molar-refractivity contribution < 1.29 is 9.59 Å². The number of nitrogens with one attached hydrogen (secondary N) is 4. The molecule has 1 aliphatic rings. The van der Waals surface area contributed by atoms with Gasteiger partial charge >= 0.3 is 0 Å². The summed E-state index contributed by atoms with van der Waals surface area (Å²) in [7, 11) is 0. The fourth-order valence-corrected chi connectivity index (χ4v) is 4.38. The molecule has 2 amide bonds. The third kappa shape index (κ3) is 7.99. The fourth-order valence-electron chi connectivity index (χ4n) is 3.68. The van der Waals surface area contributed by atoms with Gasteiger partial charge in [-0.2, -0.15) is 10.2 Å². The maximum atomic E-state index is 12.8. The average Bonchev–Trinajstić information content (AvgIpc) is 3.16. The number of rotatable bonds is 9. The number of hydrogen-bond donors (Lipinski definition) is 4. The highest BCUT2D eigenvalue weighted by atomic mass is 79.9. The summed E-state index contributed by atoms with van der Waals surface area (Å²) in [6.45, 7) is 0.227. The van der Waals surface area contributed by atoms with Gasteiger partial charge in [0.25, 0.3) is 11.8 Å². The monoisotopic (exact) mass is 621 g/mol.